The molecule has 0 aliphatic carbocycles. The molecule has 3 aromatic rings. The summed E-state index contributed by atoms with van der Waals surface area (Å²) in [5, 5.41) is 0.560. The van der Waals surface area contributed by atoms with E-state index in [1.165, 1.54) is 17.5 Å². The highest BCUT2D eigenvalue weighted by Gasteiger charge is 2.50. The molecule has 45 heavy (non-hydrogen) atoms. The number of benzene rings is 3. The van der Waals surface area contributed by atoms with Gasteiger partial charge in [0, 0.05) is 28.8 Å². The van der Waals surface area contributed by atoms with Gasteiger partial charge in [-0.2, -0.15) is 0 Å². The number of carbonyl (C=O) groups excluding carboxylic acids is 3. The zero-order valence-corrected chi connectivity index (χ0v) is 28.2. The van der Waals surface area contributed by atoms with Crippen LogP contribution in [0.15, 0.2) is 84.9 Å². The SMILES string of the molecule is CC1(C)OB(CCCCc2ccccc2)OC1(C)C.O=C(CCCCc1ccccc1)ON1C(=O)c2ccccc2C1=O.S=S. The smallest absolute Gasteiger partial charge is 0.403 e. The fourth-order valence-corrected chi connectivity index (χ4v) is 5.01. The molecule has 1 fully saturated rings. The van der Waals surface area contributed by atoms with Crippen LogP contribution in [0.1, 0.15) is 91.6 Å². The van der Waals surface area contributed by atoms with Crippen LogP contribution in [0.3, 0.4) is 0 Å². The molecule has 0 atom stereocenters. The van der Waals surface area contributed by atoms with Crippen molar-refractivity contribution < 1.29 is 28.5 Å². The van der Waals surface area contributed by atoms with Crippen molar-refractivity contribution in [2.24, 2.45) is 0 Å². The minimum atomic E-state index is -0.590. The second-order valence-corrected chi connectivity index (χ2v) is 12.0. The molecule has 0 unspecified atom stereocenters. The number of hydrogen-bond donors (Lipinski definition) is 0. The van der Waals surface area contributed by atoms with Crippen LogP contribution in [0.4, 0.5) is 0 Å². The number of carbonyl (C=O) groups is 3. The summed E-state index contributed by atoms with van der Waals surface area (Å²) in [6.45, 7) is 8.43. The van der Waals surface area contributed by atoms with Crippen molar-refractivity contribution in [3.05, 3.63) is 107 Å². The summed E-state index contributed by atoms with van der Waals surface area (Å²) in [4.78, 5) is 41.0. The summed E-state index contributed by atoms with van der Waals surface area (Å²) >= 11 is 7.33. The van der Waals surface area contributed by atoms with Gasteiger partial charge in [0.1, 0.15) is 0 Å². The van der Waals surface area contributed by atoms with E-state index in [0.29, 0.717) is 11.5 Å². The molecule has 2 heterocycles. The van der Waals surface area contributed by atoms with Crippen molar-refractivity contribution >= 4 is 47.3 Å². The van der Waals surface area contributed by atoms with E-state index in [1.54, 1.807) is 24.3 Å². The Morgan fingerprint density at radius 1 is 0.689 bits per heavy atom. The molecule has 3 aromatic carbocycles. The van der Waals surface area contributed by atoms with Crippen molar-refractivity contribution in [2.45, 2.75) is 90.2 Å². The van der Waals surface area contributed by atoms with E-state index in [9.17, 15) is 14.4 Å². The summed E-state index contributed by atoms with van der Waals surface area (Å²) in [5.41, 5.74) is 2.76. The summed E-state index contributed by atoms with van der Waals surface area (Å²) in [5.74, 6) is -1.75. The molecule has 2 aliphatic rings. The van der Waals surface area contributed by atoms with E-state index < -0.39 is 17.8 Å². The quantitative estimate of drug-likeness (QED) is 0.122. The van der Waals surface area contributed by atoms with Crippen LogP contribution in [-0.4, -0.2) is 41.2 Å². The second kappa shape index (κ2) is 17.4. The largest absolute Gasteiger partial charge is 0.457 e. The van der Waals surface area contributed by atoms with Gasteiger partial charge >= 0.3 is 13.1 Å². The molecule has 0 aromatic heterocycles. The van der Waals surface area contributed by atoms with E-state index in [1.807, 2.05) is 30.3 Å². The van der Waals surface area contributed by atoms with Gasteiger partial charge in [0.25, 0.3) is 11.8 Å². The standard InChI is InChI=1S/C19H17NO4.C16H25BO2.S2/c21-17(13-7-4-10-14-8-2-1-3-9-14)24-20-18(22)15-11-5-6-12-16(15)19(20)23;1-15(2)16(3,4)19-17(18-15)13-9-8-12-14-10-6-5-7-11-14;1-2/h1-3,5-6,8-9,11-12H,4,7,10,13H2;5-7,10-11H,8-9,12-13H2,1-4H3;. The zero-order chi connectivity index (χ0) is 32.9. The van der Waals surface area contributed by atoms with E-state index >= 15 is 0 Å². The molecule has 0 spiro atoms. The predicted molar refractivity (Wildman–Crippen MR) is 182 cm³/mol. The molecule has 0 saturated carbocycles. The average molecular weight is 648 g/mol. The third-order valence-corrected chi connectivity index (χ3v) is 8.19. The lowest BCUT2D eigenvalue weighted by Crippen LogP contribution is -2.41. The van der Waals surface area contributed by atoms with Gasteiger partial charge in [-0.25, -0.2) is 4.79 Å². The van der Waals surface area contributed by atoms with Crippen molar-refractivity contribution in [3.8, 4) is 0 Å². The summed E-state index contributed by atoms with van der Waals surface area (Å²) in [6, 6.07) is 27.1. The maximum absolute atomic E-state index is 12.1. The number of hydrogen-bond acceptors (Lipinski definition) is 8. The van der Waals surface area contributed by atoms with Gasteiger partial charge in [-0.1, -0.05) is 84.3 Å². The number of aryl methyl sites for hydroxylation is 2. The first kappa shape index (κ1) is 36.2. The molecule has 0 radical (unpaired) electrons. The Bertz CT molecular complexity index is 1350. The Balaban J connectivity index is 0.000000239. The van der Waals surface area contributed by atoms with E-state index in [2.05, 4.69) is 80.4 Å². The molecule has 2 amide bonds. The highest BCUT2D eigenvalue weighted by molar-refractivity contribution is 8.07. The lowest BCUT2D eigenvalue weighted by Gasteiger charge is -2.32. The molecular weight excluding hydrogens is 605 g/mol. The van der Waals surface area contributed by atoms with Gasteiger partial charge < -0.3 is 14.1 Å². The molecule has 2 aliphatic heterocycles. The van der Waals surface area contributed by atoms with Gasteiger partial charge in [0.05, 0.1) is 22.3 Å². The van der Waals surface area contributed by atoms with Crippen molar-refractivity contribution in [1.29, 1.82) is 0 Å². The number of unbranched alkanes of at least 4 members (excludes halogenated alkanes) is 2. The monoisotopic (exact) mass is 647 g/mol. The minimum absolute atomic E-state index is 0.0410. The maximum Gasteiger partial charge on any atom is 0.457 e. The molecule has 0 N–H and O–H groups in total. The number of fused-ring (bicyclic) bond motifs is 1. The summed E-state index contributed by atoms with van der Waals surface area (Å²) < 4.78 is 12.0. The van der Waals surface area contributed by atoms with Crippen LogP contribution in [0.5, 0.6) is 0 Å². The molecule has 10 heteroatoms. The highest BCUT2D eigenvalue weighted by Crippen LogP contribution is 2.38. The lowest BCUT2D eigenvalue weighted by molar-refractivity contribution is -0.168. The Morgan fingerprint density at radius 2 is 1.11 bits per heavy atom. The van der Waals surface area contributed by atoms with Gasteiger partial charge in [0.15, 0.2) is 0 Å². The first-order chi connectivity index (χ1) is 21.6. The molecule has 7 nitrogen and oxygen atoms in total. The van der Waals surface area contributed by atoms with Gasteiger partial charge in [0.2, 0.25) is 0 Å². The van der Waals surface area contributed by atoms with Crippen molar-refractivity contribution in [2.75, 3.05) is 0 Å². The van der Waals surface area contributed by atoms with Crippen LogP contribution in [0, 0.1) is 0 Å². The molecule has 238 valence electrons. The third-order valence-electron chi connectivity index (χ3n) is 8.19. The minimum Gasteiger partial charge on any atom is -0.403 e. The van der Waals surface area contributed by atoms with Crippen LogP contribution in [0.2, 0.25) is 6.32 Å². The number of amides is 2. The van der Waals surface area contributed by atoms with E-state index in [-0.39, 0.29) is 35.9 Å². The Kier molecular flexibility index (Phi) is 14.0. The maximum atomic E-state index is 12.1. The first-order valence-corrected chi connectivity index (χ1v) is 16.7. The van der Waals surface area contributed by atoms with Crippen LogP contribution < -0.4 is 0 Å². The number of nitrogens with zero attached hydrogens (tertiary/aromatic N) is 1. The van der Waals surface area contributed by atoms with Crippen LogP contribution in [-0.2, 0) is 54.2 Å². The van der Waals surface area contributed by atoms with E-state index in [0.717, 1.165) is 32.0 Å². The van der Waals surface area contributed by atoms with Gasteiger partial charge in [-0.05, 0) is 89.4 Å². The predicted octanol–water partition coefficient (Wildman–Crippen LogP) is 7.25. The fraction of sp³-hybridized carbons (Fsp3) is 0.400. The normalized spacial score (nSPS) is 15.8. The Morgan fingerprint density at radius 3 is 1.58 bits per heavy atom. The van der Waals surface area contributed by atoms with Gasteiger partial charge in [-0.3, -0.25) is 9.59 Å². The van der Waals surface area contributed by atoms with Crippen molar-refractivity contribution in [1.82, 2.24) is 5.06 Å². The van der Waals surface area contributed by atoms with Crippen LogP contribution >= 0.6 is 0 Å². The number of imide groups is 1. The molecule has 1 saturated heterocycles. The Labute approximate surface area is 277 Å². The zero-order valence-electron chi connectivity index (χ0n) is 26.5. The average Bonchev–Trinajstić information content (AvgIpc) is 3.41. The van der Waals surface area contributed by atoms with Crippen LogP contribution in [0.25, 0.3) is 0 Å². The molecule has 0 bridgehead atoms. The Hall–Kier alpha value is -3.31. The topological polar surface area (TPSA) is 82.1 Å². The third kappa shape index (κ3) is 10.4. The summed E-state index contributed by atoms with van der Waals surface area (Å²) in [7, 11) is -0.0410. The van der Waals surface area contributed by atoms with Crippen molar-refractivity contribution in [3.63, 3.8) is 0 Å². The van der Waals surface area contributed by atoms with Gasteiger partial charge in [-0.15, -0.1) is 0 Å². The number of rotatable bonds is 11. The molecular formula is C35H42BNO6S2. The fourth-order valence-electron chi connectivity index (χ4n) is 5.01. The second-order valence-electron chi connectivity index (χ2n) is 12.0. The number of hydroxylamine groups is 2. The summed E-state index contributed by atoms with van der Waals surface area (Å²) in [6.07, 6.45) is 6.97. The van der Waals surface area contributed by atoms with E-state index in [4.69, 9.17) is 14.1 Å². The first-order valence-electron chi connectivity index (χ1n) is 15.4. The lowest BCUT2D eigenvalue weighted by atomic mass is 9.82. The highest BCUT2D eigenvalue weighted by atomic mass is 32.8. The molecule has 5 rings (SSSR count).